The molecule has 0 aromatic carbocycles. The second-order valence-electron chi connectivity index (χ2n) is 8.26. The highest BCUT2D eigenvalue weighted by Crippen LogP contribution is 2.21. The zero-order valence-corrected chi connectivity index (χ0v) is 16.2. The van der Waals surface area contributed by atoms with Gasteiger partial charge in [0.2, 0.25) is 0 Å². The summed E-state index contributed by atoms with van der Waals surface area (Å²) in [5.41, 5.74) is -0.420. The minimum atomic E-state index is -0.420. The molecule has 3 rings (SSSR count). The van der Waals surface area contributed by atoms with E-state index >= 15 is 0 Å². The van der Waals surface area contributed by atoms with Gasteiger partial charge in [0, 0.05) is 58.2 Å². The molecule has 2 aliphatic heterocycles. The second kappa shape index (κ2) is 8.20. The van der Waals surface area contributed by atoms with Crippen LogP contribution >= 0.6 is 0 Å². The Bertz CT molecular complexity index is 573. The first-order valence-corrected chi connectivity index (χ1v) is 9.62. The highest BCUT2D eigenvalue weighted by atomic mass is 16.6. The van der Waals surface area contributed by atoms with E-state index < -0.39 is 5.60 Å². The Balaban J connectivity index is 1.38. The number of rotatable bonds is 3. The second-order valence-corrected chi connectivity index (χ2v) is 8.26. The summed E-state index contributed by atoms with van der Waals surface area (Å²) in [5, 5.41) is 0. The third-order valence-corrected chi connectivity index (χ3v) is 5.03. The Kier molecular flexibility index (Phi) is 5.96. The molecule has 3 heterocycles. The van der Waals surface area contributed by atoms with Gasteiger partial charge in [-0.25, -0.2) is 9.78 Å². The molecule has 7 nitrogen and oxygen atoms in total. The number of piperazine rings is 1. The van der Waals surface area contributed by atoms with Crippen molar-refractivity contribution < 1.29 is 9.53 Å². The number of nitrogens with zero attached hydrogens (tertiary/aromatic N) is 5. The molecule has 0 radical (unpaired) electrons. The van der Waals surface area contributed by atoms with Gasteiger partial charge in [-0.05, 0) is 39.5 Å². The number of amides is 1. The van der Waals surface area contributed by atoms with E-state index in [2.05, 4.69) is 19.8 Å². The van der Waals surface area contributed by atoms with E-state index in [1.807, 2.05) is 31.9 Å². The molecule has 7 heteroatoms. The van der Waals surface area contributed by atoms with E-state index in [-0.39, 0.29) is 6.09 Å². The van der Waals surface area contributed by atoms with E-state index in [1.54, 1.807) is 12.4 Å². The summed E-state index contributed by atoms with van der Waals surface area (Å²) >= 11 is 0. The van der Waals surface area contributed by atoms with Crippen molar-refractivity contribution in [1.82, 2.24) is 19.8 Å². The number of carbonyl (C=O) groups is 1. The first-order chi connectivity index (χ1) is 12.4. The third-order valence-electron chi connectivity index (χ3n) is 5.03. The maximum atomic E-state index is 12.2. The van der Waals surface area contributed by atoms with Crippen molar-refractivity contribution in [3.63, 3.8) is 0 Å². The molecule has 0 N–H and O–H groups in total. The molecule has 0 saturated carbocycles. The van der Waals surface area contributed by atoms with Gasteiger partial charge in [0.05, 0.1) is 6.20 Å². The van der Waals surface area contributed by atoms with Gasteiger partial charge in [-0.2, -0.15) is 0 Å². The molecule has 0 bridgehead atoms. The van der Waals surface area contributed by atoms with Gasteiger partial charge in [0.1, 0.15) is 11.4 Å². The van der Waals surface area contributed by atoms with Crippen LogP contribution in [-0.2, 0) is 4.74 Å². The predicted molar refractivity (Wildman–Crippen MR) is 101 cm³/mol. The number of aromatic nitrogens is 2. The molecule has 0 spiro atoms. The number of piperidine rings is 1. The van der Waals surface area contributed by atoms with Gasteiger partial charge in [-0.15, -0.1) is 0 Å². The summed E-state index contributed by atoms with van der Waals surface area (Å²) in [6.45, 7) is 12.6. The summed E-state index contributed by atoms with van der Waals surface area (Å²) in [6, 6.07) is 0. The van der Waals surface area contributed by atoms with Crippen LogP contribution in [0.15, 0.2) is 18.6 Å². The highest BCUT2D eigenvalue weighted by Gasteiger charge is 2.28. The van der Waals surface area contributed by atoms with Crippen LogP contribution in [0.25, 0.3) is 0 Å². The van der Waals surface area contributed by atoms with Crippen LogP contribution in [-0.4, -0.2) is 77.3 Å². The Morgan fingerprint density at radius 1 is 1.12 bits per heavy atom. The molecule has 0 unspecified atom stereocenters. The molecule has 0 atom stereocenters. The normalized spacial score (nSPS) is 20.3. The molecule has 2 fully saturated rings. The average molecular weight is 361 g/mol. The monoisotopic (exact) mass is 361 g/mol. The molecule has 144 valence electrons. The van der Waals surface area contributed by atoms with Gasteiger partial charge in [-0.3, -0.25) is 9.88 Å². The van der Waals surface area contributed by atoms with E-state index in [0.29, 0.717) is 5.92 Å². The topological polar surface area (TPSA) is 61.8 Å². The molecule has 0 aliphatic carbocycles. The van der Waals surface area contributed by atoms with Crippen molar-refractivity contribution >= 4 is 11.9 Å². The molecule has 1 aromatic rings. The summed E-state index contributed by atoms with van der Waals surface area (Å²) in [4.78, 5) is 27.4. The van der Waals surface area contributed by atoms with Gasteiger partial charge in [0.15, 0.2) is 0 Å². The lowest BCUT2D eigenvalue weighted by atomic mass is 9.96. The fourth-order valence-electron chi connectivity index (χ4n) is 3.60. The summed E-state index contributed by atoms with van der Waals surface area (Å²) in [5.74, 6) is 1.63. The Morgan fingerprint density at radius 3 is 2.38 bits per heavy atom. The van der Waals surface area contributed by atoms with Crippen LogP contribution in [0.4, 0.5) is 10.6 Å². The first kappa shape index (κ1) is 18.9. The third kappa shape index (κ3) is 5.30. The van der Waals surface area contributed by atoms with Crippen molar-refractivity contribution in [2.24, 2.45) is 5.92 Å². The molecule has 2 saturated heterocycles. The number of carbonyl (C=O) groups excluding carboxylic acids is 1. The minimum Gasteiger partial charge on any atom is -0.444 e. The van der Waals surface area contributed by atoms with Crippen LogP contribution in [0, 0.1) is 5.92 Å². The summed E-state index contributed by atoms with van der Waals surface area (Å²) in [7, 11) is 0. The van der Waals surface area contributed by atoms with Crippen molar-refractivity contribution in [2.45, 2.75) is 39.2 Å². The number of hydrogen-bond donors (Lipinski definition) is 0. The number of likely N-dealkylation sites (tertiary alicyclic amines) is 1. The Morgan fingerprint density at radius 2 is 1.81 bits per heavy atom. The van der Waals surface area contributed by atoms with Crippen LogP contribution in [0.3, 0.4) is 0 Å². The van der Waals surface area contributed by atoms with Crippen LogP contribution in [0.1, 0.15) is 33.6 Å². The zero-order valence-electron chi connectivity index (χ0n) is 16.2. The molecule has 2 aliphatic rings. The maximum Gasteiger partial charge on any atom is 0.410 e. The SMILES string of the molecule is CC(C)(C)OC(=O)N1CCC(CN2CCN(c3cnccn3)CC2)CC1. The lowest BCUT2D eigenvalue weighted by molar-refractivity contribution is 0.0169. The summed E-state index contributed by atoms with van der Waals surface area (Å²) in [6.07, 6.45) is 7.24. The van der Waals surface area contributed by atoms with Gasteiger partial charge >= 0.3 is 6.09 Å². The standard InChI is InChI=1S/C19H31N5O2/c1-19(2,3)26-18(25)24-8-4-16(5-9-24)15-22-10-12-23(13-11-22)17-14-20-6-7-21-17/h6-7,14,16H,4-5,8-13,15H2,1-3H3. The van der Waals surface area contributed by atoms with Crippen molar-refractivity contribution in [3.8, 4) is 0 Å². The lowest BCUT2D eigenvalue weighted by Gasteiger charge is -2.39. The number of anilines is 1. The van der Waals surface area contributed by atoms with E-state index in [4.69, 9.17) is 4.74 Å². The summed E-state index contributed by atoms with van der Waals surface area (Å²) < 4.78 is 5.48. The van der Waals surface area contributed by atoms with Gasteiger partial charge < -0.3 is 14.5 Å². The van der Waals surface area contributed by atoms with Crippen molar-refractivity contribution in [1.29, 1.82) is 0 Å². The average Bonchev–Trinajstić information content (AvgIpc) is 2.62. The molecule has 1 aromatic heterocycles. The maximum absolute atomic E-state index is 12.2. The fraction of sp³-hybridized carbons (Fsp3) is 0.737. The Hall–Kier alpha value is -1.89. The van der Waals surface area contributed by atoms with Crippen molar-refractivity contribution in [2.75, 3.05) is 50.7 Å². The largest absolute Gasteiger partial charge is 0.444 e. The van der Waals surface area contributed by atoms with E-state index in [9.17, 15) is 4.79 Å². The van der Waals surface area contributed by atoms with E-state index in [0.717, 1.165) is 64.5 Å². The lowest BCUT2D eigenvalue weighted by Crippen LogP contribution is -2.49. The zero-order chi connectivity index (χ0) is 18.6. The van der Waals surface area contributed by atoms with Crippen LogP contribution < -0.4 is 4.90 Å². The highest BCUT2D eigenvalue weighted by molar-refractivity contribution is 5.68. The fourth-order valence-corrected chi connectivity index (χ4v) is 3.60. The number of ether oxygens (including phenoxy) is 1. The van der Waals surface area contributed by atoms with Crippen molar-refractivity contribution in [3.05, 3.63) is 18.6 Å². The first-order valence-electron chi connectivity index (χ1n) is 9.62. The van der Waals surface area contributed by atoms with Crippen LogP contribution in [0.5, 0.6) is 0 Å². The molecule has 26 heavy (non-hydrogen) atoms. The predicted octanol–water partition coefficient (Wildman–Crippen LogP) is 2.25. The molecule has 1 amide bonds. The quantitative estimate of drug-likeness (QED) is 0.823. The Labute approximate surface area is 156 Å². The number of hydrogen-bond acceptors (Lipinski definition) is 6. The molecular weight excluding hydrogens is 330 g/mol. The minimum absolute atomic E-state index is 0.173. The molecular formula is C19H31N5O2. The van der Waals surface area contributed by atoms with E-state index in [1.165, 1.54) is 0 Å². The van der Waals surface area contributed by atoms with Gasteiger partial charge in [0.25, 0.3) is 0 Å². The van der Waals surface area contributed by atoms with Crippen LogP contribution in [0.2, 0.25) is 0 Å². The smallest absolute Gasteiger partial charge is 0.410 e. The van der Waals surface area contributed by atoms with Gasteiger partial charge in [-0.1, -0.05) is 0 Å².